The minimum absolute atomic E-state index is 0.0535. The average molecular weight is 575 g/mol. The van der Waals surface area contributed by atoms with Gasteiger partial charge in [0.15, 0.2) is 5.79 Å². The summed E-state index contributed by atoms with van der Waals surface area (Å²) in [5.74, 6) is -2.93. The van der Waals surface area contributed by atoms with E-state index in [1.807, 2.05) is 32.9 Å². The normalized spacial score (nSPS) is 50.6. The second-order valence-electron chi connectivity index (χ2n) is 13.0. The third kappa shape index (κ3) is 5.62. The van der Waals surface area contributed by atoms with Crippen LogP contribution in [-0.2, 0) is 23.7 Å². The number of hydrogen-bond acceptors (Lipinski definition) is 9. The maximum Gasteiger partial charge on any atom is 0.316 e. The lowest BCUT2D eigenvalue weighted by Crippen LogP contribution is -2.60. The molecular weight excluding hydrogens is 528 g/mol. The molecule has 0 aromatic carbocycles. The van der Waals surface area contributed by atoms with Gasteiger partial charge in [-0.2, -0.15) is 0 Å². The molecule has 11 atom stereocenters. The summed E-state index contributed by atoms with van der Waals surface area (Å²) >= 11 is 0. The Morgan fingerprint density at radius 2 is 1.80 bits per heavy atom. The molecule has 3 saturated heterocycles. The maximum absolute atomic E-state index is 13.9. The molecule has 2 bridgehead atoms. The molecule has 0 unspecified atom stereocenters. The minimum Gasteiger partial charge on any atom is -0.462 e. The Kier molecular flexibility index (Phi) is 8.46. The van der Waals surface area contributed by atoms with Crippen molar-refractivity contribution in [3.8, 4) is 0 Å². The fraction of sp³-hybridized carbons (Fsp3) is 0.719. The first-order chi connectivity index (χ1) is 19.3. The molecule has 228 valence electrons. The molecule has 0 radical (unpaired) electrons. The van der Waals surface area contributed by atoms with Crippen molar-refractivity contribution in [2.24, 2.45) is 11.8 Å². The van der Waals surface area contributed by atoms with Crippen LogP contribution >= 0.6 is 0 Å². The number of esters is 1. The highest BCUT2D eigenvalue weighted by Crippen LogP contribution is 2.47. The van der Waals surface area contributed by atoms with Gasteiger partial charge >= 0.3 is 5.97 Å². The largest absolute Gasteiger partial charge is 0.462 e. The summed E-state index contributed by atoms with van der Waals surface area (Å²) < 4.78 is 25.0. The van der Waals surface area contributed by atoms with Crippen molar-refractivity contribution >= 4 is 5.97 Å². The van der Waals surface area contributed by atoms with Crippen LogP contribution in [0.15, 0.2) is 47.1 Å². The van der Waals surface area contributed by atoms with Crippen LogP contribution in [0.2, 0.25) is 0 Å². The van der Waals surface area contributed by atoms with Gasteiger partial charge in [0.2, 0.25) is 0 Å². The molecule has 5 aliphatic rings. The number of fused-ring (bicyclic) bond motifs is 2. The number of hydrogen-bond donors (Lipinski definition) is 4. The molecule has 1 aliphatic carbocycles. The SMILES string of the molecule is CC[C@H]1O[C@]2(CC[C@@]1(C)O)C[C@@H]1C[C@@H](C/C=C(\C)[C@H](O)[C@@H](C)/C=C/C=C3\CO[C@@H]4[C@@H](O)C(C)=C[C@@H](C(=O)O1)[C@]34O)O2. The van der Waals surface area contributed by atoms with Crippen LogP contribution in [0, 0.1) is 11.8 Å². The van der Waals surface area contributed by atoms with E-state index in [-0.39, 0.29) is 18.6 Å². The monoisotopic (exact) mass is 574 g/mol. The fourth-order valence-corrected chi connectivity index (χ4v) is 7.18. The van der Waals surface area contributed by atoms with Crippen LogP contribution < -0.4 is 0 Å². The second-order valence-corrected chi connectivity index (χ2v) is 13.0. The molecule has 5 rings (SSSR count). The summed E-state index contributed by atoms with van der Waals surface area (Å²) in [6.07, 6.45) is 7.44. The van der Waals surface area contributed by atoms with Gasteiger partial charge in [-0.1, -0.05) is 44.2 Å². The van der Waals surface area contributed by atoms with E-state index in [1.165, 1.54) is 0 Å². The van der Waals surface area contributed by atoms with E-state index in [9.17, 15) is 25.2 Å². The number of ether oxygens (including phenoxy) is 4. The molecule has 0 saturated carbocycles. The van der Waals surface area contributed by atoms with Crippen LogP contribution in [0.3, 0.4) is 0 Å². The lowest BCUT2D eigenvalue weighted by Gasteiger charge is -2.52. The van der Waals surface area contributed by atoms with E-state index < -0.39 is 59.4 Å². The van der Waals surface area contributed by atoms with E-state index in [0.29, 0.717) is 49.7 Å². The highest BCUT2D eigenvalue weighted by atomic mass is 16.7. The van der Waals surface area contributed by atoms with E-state index in [0.717, 1.165) is 5.57 Å². The summed E-state index contributed by atoms with van der Waals surface area (Å²) in [5, 5.41) is 44.8. The molecule has 4 heterocycles. The topological polar surface area (TPSA) is 135 Å². The van der Waals surface area contributed by atoms with Gasteiger partial charge in [0.25, 0.3) is 0 Å². The van der Waals surface area contributed by atoms with E-state index in [2.05, 4.69) is 0 Å². The number of aliphatic hydroxyl groups is 4. The number of aliphatic hydroxyl groups excluding tert-OH is 2. The zero-order valence-corrected chi connectivity index (χ0v) is 24.8. The van der Waals surface area contributed by atoms with Crippen molar-refractivity contribution in [2.45, 2.75) is 127 Å². The zero-order chi connectivity index (χ0) is 29.7. The van der Waals surface area contributed by atoms with Crippen molar-refractivity contribution in [3.05, 3.63) is 47.1 Å². The average Bonchev–Trinajstić information content (AvgIpc) is 3.26. The molecule has 9 nitrogen and oxygen atoms in total. The third-order valence-electron chi connectivity index (χ3n) is 9.82. The summed E-state index contributed by atoms with van der Waals surface area (Å²) in [7, 11) is 0. The number of rotatable bonds is 1. The molecule has 4 N–H and O–H groups in total. The molecule has 0 aromatic rings. The predicted molar refractivity (Wildman–Crippen MR) is 150 cm³/mol. The first-order valence-corrected chi connectivity index (χ1v) is 15.0. The molecule has 9 heteroatoms. The summed E-state index contributed by atoms with van der Waals surface area (Å²) in [6.45, 7) is 9.30. The van der Waals surface area contributed by atoms with Crippen LogP contribution in [0.1, 0.15) is 73.1 Å². The van der Waals surface area contributed by atoms with Crippen LogP contribution in [-0.4, -0.2) is 86.6 Å². The van der Waals surface area contributed by atoms with Gasteiger partial charge < -0.3 is 39.4 Å². The highest BCUT2D eigenvalue weighted by molar-refractivity contribution is 5.78. The van der Waals surface area contributed by atoms with Gasteiger partial charge in [0.05, 0.1) is 30.5 Å². The van der Waals surface area contributed by atoms with E-state index in [4.69, 9.17) is 18.9 Å². The Balaban J connectivity index is 1.53. The lowest BCUT2D eigenvalue weighted by atomic mass is 9.71. The summed E-state index contributed by atoms with van der Waals surface area (Å²) in [4.78, 5) is 13.9. The lowest BCUT2D eigenvalue weighted by molar-refractivity contribution is -0.353. The molecule has 1 spiro atoms. The Morgan fingerprint density at radius 1 is 1.05 bits per heavy atom. The minimum atomic E-state index is -1.79. The molecule has 41 heavy (non-hydrogen) atoms. The number of carbonyl (C=O) groups excluding carboxylic acids is 1. The van der Waals surface area contributed by atoms with Crippen molar-refractivity contribution in [1.29, 1.82) is 0 Å². The molecular formula is C32H46O9. The third-order valence-corrected chi connectivity index (χ3v) is 9.82. The van der Waals surface area contributed by atoms with Crippen molar-refractivity contribution in [3.63, 3.8) is 0 Å². The second kappa shape index (κ2) is 11.3. The van der Waals surface area contributed by atoms with E-state index in [1.54, 1.807) is 32.1 Å². The fourth-order valence-electron chi connectivity index (χ4n) is 7.18. The molecule has 4 aliphatic heterocycles. The van der Waals surface area contributed by atoms with Gasteiger partial charge in [-0.05, 0) is 56.8 Å². The summed E-state index contributed by atoms with van der Waals surface area (Å²) in [5.41, 5.74) is -0.971. The Morgan fingerprint density at radius 3 is 2.54 bits per heavy atom. The number of carbonyl (C=O) groups is 1. The van der Waals surface area contributed by atoms with Gasteiger partial charge in [-0.25, -0.2) is 0 Å². The van der Waals surface area contributed by atoms with Crippen molar-refractivity contribution < 1.29 is 44.2 Å². The van der Waals surface area contributed by atoms with Gasteiger partial charge in [0, 0.05) is 25.2 Å². The van der Waals surface area contributed by atoms with Gasteiger partial charge in [-0.15, -0.1) is 0 Å². The maximum atomic E-state index is 13.9. The molecule has 0 amide bonds. The molecule has 3 fully saturated rings. The quantitative estimate of drug-likeness (QED) is 0.275. The first kappa shape index (κ1) is 30.6. The van der Waals surface area contributed by atoms with Crippen LogP contribution in [0.5, 0.6) is 0 Å². The Bertz CT molecular complexity index is 1140. The molecule has 0 aromatic heterocycles. The van der Waals surface area contributed by atoms with Crippen molar-refractivity contribution in [1.82, 2.24) is 0 Å². The van der Waals surface area contributed by atoms with Gasteiger partial charge in [0.1, 0.15) is 29.8 Å². The number of allylic oxidation sites excluding steroid dienone is 2. The smallest absolute Gasteiger partial charge is 0.316 e. The predicted octanol–water partition coefficient (Wildman–Crippen LogP) is 3.01. The zero-order valence-electron chi connectivity index (χ0n) is 24.8. The Labute approximate surface area is 242 Å². The van der Waals surface area contributed by atoms with E-state index >= 15 is 0 Å². The first-order valence-electron chi connectivity index (χ1n) is 15.0. The van der Waals surface area contributed by atoms with Crippen LogP contribution in [0.4, 0.5) is 0 Å². The van der Waals surface area contributed by atoms with Gasteiger partial charge in [-0.3, -0.25) is 4.79 Å². The Hall–Kier alpha value is -1.85. The standard InChI is InChI=1S/C32H46O9/c1-6-25-30(5,36)12-13-31(41-25)16-23-15-22(40-31)11-10-19(3)26(33)18(2)8-7-9-21-17-38-28-27(34)20(4)14-24(29(35)39-23)32(21,28)37/h7-10,14,18,22-28,33-34,36-37H,6,11-13,15-17H2,1-5H3/b8-7+,19-10+,21-9+/t18-,22+,23-,24-,25+,26+,27-,28+,30+,31+,32+/m0/s1. The summed E-state index contributed by atoms with van der Waals surface area (Å²) in [6, 6.07) is 0. The highest BCUT2D eigenvalue weighted by Gasteiger charge is 2.60. The van der Waals surface area contributed by atoms with Crippen LogP contribution in [0.25, 0.3) is 0 Å². The van der Waals surface area contributed by atoms with Crippen molar-refractivity contribution in [2.75, 3.05) is 6.61 Å².